The molecule has 0 spiro atoms. The summed E-state index contributed by atoms with van der Waals surface area (Å²) in [4.78, 5) is 3.24. The normalized spacial score (nSPS) is 11.7. The molecule has 0 saturated heterocycles. The summed E-state index contributed by atoms with van der Waals surface area (Å²) in [7, 11) is 0. The Labute approximate surface area is 121 Å². The first-order valence-corrected chi connectivity index (χ1v) is 7.64. The van der Waals surface area contributed by atoms with Crippen LogP contribution in [0.5, 0.6) is 0 Å². The molecule has 2 heterocycles. The molecule has 0 aliphatic rings. The van der Waals surface area contributed by atoms with E-state index in [2.05, 4.69) is 32.4 Å². The number of H-pyrrole nitrogens is 1. The number of para-hydroxylation sites is 1. The number of nitrogens with zero attached hydrogens (tertiary/aromatic N) is 4. The molecule has 0 amide bonds. The highest BCUT2D eigenvalue weighted by molar-refractivity contribution is 7.98. The summed E-state index contributed by atoms with van der Waals surface area (Å²) in [6.45, 7) is 2.05. The van der Waals surface area contributed by atoms with Crippen molar-refractivity contribution >= 4 is 28.9 Å². The predicted octanol–water partition coefficient (Wildman–Crippen LogP) is 2.93. The second-order valence-electron chi connectivity index (χ2n) is 4.30. The zero-order valence-electron chi connectivity index (χ0n) is 11.4. The Morgan fingerprint density at radius 2 is 2.20 bits per heavy atom. The number of rotatable bonds is 4. The van der Waals surface area contributed by atoms with Crippen LogP contribution in [0, 0.1) is 0 Å². The van der Waals surface area contributed by atoms with Gasteiger partial charge in [0.05, 0.1) is 6.21 Å². The van der Waals surface area contributed by atoms with Gasteiger partial charge in [0.2, 0.25) is 5.16 Å². The predicted molar refractivity (Wildman–Crippen MR) is 82.5 cm³/mol. The van der Waals surface area contributed by atoms with Crippen molar-refractivity contribution in [2.45, 2.75) is 18.5 Å². The molecule has 5 nitrogen and oxygen atoms in total. The summed E-state index contributed by atoms with van der Waals surface area (Å²) in [5.74, 6) is 0.866. The van der Waals surface area contributed by atoms with E-state index in [0.29, 0.717) is 0 Å². The lowest BCUT2D eigenvalue weighted by molar-refractivity contribution is 0.723. The van der Waals surface area contributed by atoms with Crippen molar-refractivity contribution in [3.63, 3.8) is 0 Å². The van der Waals surface area contributed by atoms with Crippen molar-refractivity contribution in [3.05, 3.63) is 41.9 Å². The number of benzene rings is 1. The largest absolute Gasteiger partial charge is 0.361 e. The van der Waals surface area contributed by atoms with Crippen molar-refractivity contribution in [1.29, 1.82) is 0 Å². The van der Waals surface area contributed by atoms with Crippen LogP contribution < -0.4 is 0 Å². The third-order valence-corrected chi connectivity index (χ3v) is 3.73. The van der Waals surface area contributed by atoms with Gasteiger partial charge >= 0.3 is 0 Å². The lowest BCUT2D eigenvalue weighted by atomic mass is 10.2. The number of aromatic amines is 1. The van der Waals surface area contributed by atoms with Crippen LogP contribution in [0.2, 0.25) is 0 Å². The molecular weight excluding hydrogens is 270 g/mol. The van der Waals surface area contributed by atoms with Gasteiger partial charge < -0.3 is 4.98 Å². The van der Waals surface area contributed by atoms with Crippen LogP contribution in [0.15, 0.2) is 40.7 Å². The monoisotopic (exact) mass is 285 g/mol. The second-order valence-corrected chi connectivity index (χ2v) is 5.08. The standard InChI is InChI=1S/C14H15N5S/c1-3-13-17-18-14(20-2)19(13)16-9-10-8-15-12-7-5-4-6-11(10)12/h4-9,15H,3H2,1-2H3/b16-9-. The molecule has 2 aromatic heterocycles. The average Bonchev–Trinajstić information content (AvgIpc) is 3.08. The zero-order valence-corrected chi connectivity index (χ0v) is 12.2. The van der Waals surface area contributed by atoms with Gasteiger partial charge in [-0.05, 0) is 12.3 Å². The molecule has 1 N–H and O–H groups in total. The van der Waals surface area contributed by atoms with Crippen LogP contribution in [-0.4, -0.2) is 32.3 Å². The SMILES string of the molecule is CCc1nnc(SC)n1/N=C\c1c[nH]c2ccccc12. The Morgan fingerprint density at radius 3 is 3.00 bits per heavy atom. The van der Waals surface area contributed by atoms with Crippen LogP contribution in [-0.2, 0) is 6.42 Å². The van der Waals surface area contributed by atoms with Crippen molar-refractivity contribution in [3.8, 4) is 0 Å². The third kappa shape index (κ3) is 2.22. The molecule has 0 aliphatic carbocycles. The summed E-state index contributed by atoms with van der Waals surface area (Å²) in [5, 5.41) is 14.8. The maximum atomic E-state index is 4.53. The molecule has 6 heteroatoms. The molecule has 20 heavy (non-hydrogen) atoms. The fourth-order valence-corrected chi connectivity index (χ4v) is 2.53. The number of hydrogen-bond donors (Lipinski definition) is 1. The summed E-state index contributed by atoms with van der Waals surface area (Å²) in [6, 6.07) is 8.17. The molecule has 3 rings (SSSR count). The van der Waals surface area contributed by atoms with Crippen LogP contribution >= 0.6 is 11.8 Å². The molecule has 0 atom stereocenters. The highest BCUT2D eigenvalue weighted by Gasteiger charge is 2.08. The van der Waals surface area contributed by atoms with Gasteiger partial charge in [-0.1, -0.05) is 36.9 Å². The fourth-order valence-electron chi connectivity index (χ4n) is 2.08. The van der Waals surface area contributed by atoms with E-state index in [0.717, 1.165) is 33.9 Å². The van der Waals surface area contributed by atoms with Gasteiger partial charge in [0, 0.05) is 29.1 Å². The van der Waals surface area contributed by atoms with E-state index >= 15 is 0 Å². The molecule has 0 unspecified atom stereocenters. The van der Waals surface area contributed by atoms with E-state index in [1.165, 1.54) is 0 Å². The number of nitrogens with one attached hydrogen (secondary N) is 1. The third-order valence-electron chi connectivity index (χ3n) is 3.11. The van der Waals surface area contributed by atoms with E-state index in [9.17, 15) is 0 Å². The minimum absolute atomic E-state index is 0.804. The van der Waals surface area contributed by atoms with Gasteiger partial charge in [-0.3, -0.25) is 0 Å². The quantitative estimate of drug-likeness (QED) is 0.592. The first-order valence-electron chi connectivity index (χ1n) is 6.42. The van der Waals surface area contributed by atoms with Crippen LogP contribution in [0.3, 0.4) is 0 Å². The van der Waals surface area contributed by atoms with Gasteiger partial charge in [0.1, 0.15) is 0 Å². The van der Waals surface area contributed by atoms with Crippen molar-refractivity contribution in [2.75, 3.05) is 6.26 Å². The molecule has 0 aliphatic heterocycles. The Kier molecular flexibility index (Phi) is 3.56. The van der Waals surface area contributed by atoms with Crippen molar-refractivity contribution in [1.82, 2.24) is 19.9 Å². The topological polar surface area (TPSA) is 58.9 Å². The summed E-state index contributed by atoms with van der Waals surface area (Å²) in [5.41, 5.74) is 2.17. The molecule has 0 bridgehead atoms. The molecule has 0 radical (unpaired) electrons. The Hall–Kier alpha value is -2.08. The maximum absolute atomic E-state index is 4.53. The summed E-state index contributed by atoms with van der Waals surface area (Å²) < 4.78 is 1.80. The van der Waals surface area contributed by atoms with E-state index in [1.807, 2.05) is 37.7 Å². The number of aromatic nitrogens is 4. The first-order chi connectivity index (χ1) is 9.83. The van der Waals surface area contributed by atoms with Gasteiger partial charge in [-0.25, -0.2) is 0 Å². The molecule has 0 fully saturated rings. The minimum atomic E-state index is 0.804. The number of hydrogen-bond acceptors (Lipinski definition) is 4. The lowest BCUT2D eigenvalue weighted by Crippen LogP contribution is -1.98. The molecule has 3 aromatic rings. The van der Waals surface area contributed by atoms with Gasteiger partial charge in [0.15, 0.2) is 5.82 Å². The number of fused-ring (bicyclic) bond motifs is 1. The minimum Gasteiger partial charge on any atom is -0.361 e. The molecule has 102 valence electrons. The Morgan fingerprint density at radius 1 is 1.35 bits per heavy atom. The average molecular weight is 285 g/mol. The summed E-state index contributed by atoms with van der Waals surface area (Å²) in [6.07, 6.45) is 6.59. The van der Waals surface area contributed by atoms with Crippen molar-refractivity contribution in [2.24, 2.45) is 5.10 Å². The number of aryl methyl sites for hydroxylation is 1. The second kappa shape index (κ2) is 5.50. The van der Waals surface area contributed by atoms with Crippen LogP contribution in [0.1, 0.15) is 18.3 Å². The molecule has 1 aromatic carbocycles. The summed E-state index contributed by atoms with van der Waals surface area (Å²) >= 11 is 1.54. The molecule has 0 saturated carbocycles. The van der Waals surface area contributed by atoms with Crippen LogP contribution in [0.25, 0.3) is 10.9 Å². The Bertz CT molecular complexity index is 734. The van der Waals surface area contributed by atoms with Gasteiger partial charge in [-0.15, -0.1) is 10.2 Å². The van der Waals surface area contributed by atoms with Crippen LogP contribution in [0.4, 0.5) is 0 Å². The van der Waals surface area contributed by atoms with E-state index in [4.69, 9.17) is 0 Å². The maximum Gasteiger partial charge on any atom is 0.211 e. The fraction of sp³-hybridized carbons (Fsp3) is 0.214. The first kappa shape index (κ1) is 12.9. The van der Waals surface area contributed by atoms with Crippen molar-refractivity contribution < 1.29 is 0 Å². The molecular formula is C14H15N5S. The van der Waals surface area contributed by atoms with Gasteiger partial charge in [-0.2, -0.15) is 9.78 Å². The Balaban J connectivity index is 2.00. The zero-order chi connectivity index (χ0) is 13.9. The smallest absolute Gasteiger partial charge is 0.211 e. The van der Waals surface area contributed by atoms with Gasteiger partial charge in [0.25, 0.3) is 0 Å². The number of thioether (sulfide) groups is 1. The highest BCUT2D eigenvalue weighted by atomic mass is 32.2. The van der Waals surface area contributed by atoms with E-state index in [-0.39, 0.29) is 0 Å². The highest BCUT2D eigenvalue weighted by Crippen LogP contribution is 2.17. The van der Waals surface area contributed by atoms with E-state index in [1.54, 1.807) is 16.4 Å². The lowest BCUT2D eigenvalue weighted by Gasteiger charge is -1.99. The van der Waals surface area contributed by atoms with E-state index < -0.39 is 0 Å².